The molecular formula is C11H17ClN2. The maximum Gasteiger partial charge on any atom is 0.0408 e. The van der Waals surface area contributed by atoms with Crippen molar-refractivity contribution in [3.63, 3.8) is 0 Å². The second kappa shape index (κ2) is 6.82. The molecule has 2 nitrogen and oxygen atoms in total. The molecule has 0 aliphatic heterocycles. The maximum absolute atomic E-state index is 5.88. The van der Waals surface area contributed by atoms with Crippen LogP contribution >= 0.6 is 11.6 Å². The maximum atomic E-state index is 5.88. The van der Waals surface area contributed by atoms with Crippen LogP contribution in [0.3, 0.4) is 0 Å². The van der Waals surface area contributed by atoms with Crippen molar-refractivity contribution in [3.05, 3.63) is 34.9 Å². The molecule has 0 amide bonds. The van der Waals surface area contributed by atoms with Crippen LogP contribution in [-0.4, -0.2) is 26.7 Å². The molecule has 14 heavy (non-hydrogen) atoms. The van der Waals surface area contributed by atoms with Crippen molar-refractivity contribution in [2.24, 2.45) is 0 Å². The number of halogens is 1. The van der Waals surface area contributed by atoms with Crippen LogP contribution in [-0.2, 0) is 6.42 Å². The second-order valence-electron chi connectivity index (χ2n) is 3.23. The monoisotopic (exact) mass is 212 g/mol. The highest BCUT2D eigenvalue weighted by Gasteiger charge is 1.93. The fourth-order valence-corrected chi connectivity index (χ4v) is 1.48. The van der Waals surface area contributed by atoms with E-state index in [2.05, 4.69) is 16.7 Å². The first-order valence-electron chi connectivity index (χ1n) is 4.92. The number of benzene rings is 1. The van der Waals surface area contributed by atoms with Gasteiger partial charge in [-0.1, -0.05) is 23.7 Å². The van der Waals surface area contributed by atoms with E-state index < -0.39 is 0 Å². The molecule has 0 aliphatic carbocycles. The Hall–Kier alpha value is -0.570. The van der Waals surface area contributed by atoms with E-state index in [4.69, 9.17) is 11.6 Å². The second-order valence-corrected chi connectivity index (χ2v) is 3.67. The summed E-state index contributed by atoms with van der Waals surface area (Å²) in [5.74, 6) is 0. The largest absolute Gasteiger partial charge is 0.318 e. The van der Waals surface area contributed by atoms with Gasteiger partial charge in [-0.05, 0) is 37.7 Å². The summed E-state index contributed by atoms with van der Waals surface area (Å²) in [5, 5.41) is 7.26. The van der Waals surface area contributed by atoms with Gasteiger partial charge in [-0.15, -0.1) is 0 Å². The lowest BCUT2D eigenvalue weighted by molar-refractivity contribution is 0.649. The van der Waals surface area contributed by atoms with Crippen LogP contribution in [0.2, 0.25) is 5.02 Å². The summed E-state index contributed by atoms with van der Waals surface area (Å²) >= 11 is 5.88. The Labute approximate surface area is 90.7 Å². The lowest BCUT2D eigenvalue weighted by Crippen LogP contribution is -2.26. The van der Waals surface area contributed by atoms with Crippen LogP contribution < -0.4 is 10.6 Å². The molecular weight excluding hydrogens is 196 g/mol. The summed E-state index contributed by atoms with van der Waals surface area (Å²) in [5.41, 5.74) is 1.29. The summed E-state index contributed by atoms with van der Waals surface area (Å²) in [6.45, 7) is 3.02. The Bertz CT molecular complexity index is 263. The van der Waals surface area contributed by atoms with Gasteiger partial charge in [0.2, 0.25) is 0 Å². The molecule has 0 aliphatic rings. The standard InChI is InChI=1S/C11H17ClN2/c1-13-7-8-14-6-5-10-3-2-4-11(12)9-10/h2-4,9,13-14H,5-8H2,1H3. The third-order valence-corrected chi connectivity index (χ3v) is 2.27. The minimum absolute atomic E-state index is 0.817. The van der Waals surface area contributed by atoms with Gasteiger partial charge in [-0.3, -0.25) is 0 Å². The summed E-state index contributed by atoms with van der Waals surface area (Å²) in [6, 6.07) is 8.01. The van der Waals surface area contributed by atoms with E-state index in [9.17, 15) is 0 Å². The number of hydrogen-bond acceptors (Lipinski definition) is 2. The van der Waals surface area contributed by atoms with E-state index in [1.54, 1.807) is 0 Å². The first-order chi connectivity index (χ1) is 6.83. The molecule has 1 rings (SSSR count). The highest BCUT2D eigenvalue weighted by atomic mass is 35.5. The third-order valence-electron chi connectivity index (χ3n) is 2.03. The topological polar surface area (TPSA) is 24.1 Å². The quantitative estimate of drug-likeness (QED) is 0.702. The average Bonchev–Trinajstić information content (AvgIpc) is 2.18. The molecule has 0 aromatic heterocycles. The van der Waals surface area contributed by atoms with E-state index in [1.807, 2.05) is 25.2 Å². The molecule has 0 saturated heterocycles. The molecule has 0 bridgehead atoms. The lowest BCUT2D eigenvalue weighted by atomic mass is 10.1. The molecule has 0 spiro atoms. The number of nitrogens with one attached hydrogen (secondary N) is 2. The van der Waals surface area contributed by atoms with Crippen molar-refractivity contribution in [1.82, 2.24) is 10.6 Å². The fraction of sp³-hybridized carbons (Fsp3) is 0.455. The van der Waals surface area contributed by atoms with Gasteiger partial charge >= 0.3 is 0 Å². The summed E-state index contributed by atoms with van der Waals surface area (Å²) in [4.78, 5) is 0. The van der Waals surface area contributed by atoms with Crippen LogP contribution in [0.25, 0.3) is 0 Å². The van der Waals surface area contributed by atoms with Gasteiger partial charge in [0.25, 0.3) is 0 Å². The van der Waals surface area contributed by atoms with Crippen molar-refractivity contribution in [1.29, 1.82) is 0 Å². The van der Waals surface area contributed by atoms with Crippen molar-refractivity contribution in [3.8, 4) is 0 Å². The van der Waals surface area contributed by atoms with Crippen LogP contribution in [0.5, 0.6) is 0 Å². The van der Waals surface area contributed by atoms with Gasteiger partial charge in [0, 0.05) is 18.1 Å². The molecule has 1 aromatic carbocycles. The van der Waals surface area contributed by atoms with Gasteiger partial charge in [0.15, 0.2) is 0 Å². The molecule has 0 fully saturated rings. The average molecular weight is 213 g/mol. The predicted molar refractivity (Wildman–Crippen MR) is 62.0 cm³/mol. The van der Waals surface area contributed by atoms with Crippen molar-refractivity contribution in [2.75, 3.05) is 26.7 Å². The van der Waals surface area contributed by atoms with Crippen LogP contribution in [0.15, 0.2) is 24.3 Å². The van der Waals surface area contributed by atoms with Gasteiger partial charge in [0.1, 0.15) is 0 Å². The van der Waals surface area contributed by atoms with Crippen molar-refractivity contribution >= 4 is 11.6 Å². The molecule has 1 aromatic rings. The minimum Gasteiger partial charge on any atom is -0.318 e. The Morgan fingerprint density at radius 2 is 2.07 bits per heavy atom. The van der Waals surface area contributed by atoms with Gasteiger partial charge in [-0.25, -0.2) is 0 Å². The molecule has 0 saturated carbocycles. The van der Waals surface area contributed by atoms with Crippen LogP contribution in [0.4, 0.5) is 0 Å². The van der Waals surface area contributed by atoms with Crippen molar-refractivity contribution in [2.45, 2.75) is 6.42 Å². The summed E-state index contributed by atoms with van der Waals surface area (Å²) < 4.78 is 0. The van der Waals surface area contributed by atoms with E-state index >= 15 is 0 Å². The highest BCUT2D eigenvalue weighted by molar-refractivity contribution is 6.30. The first-order valence-corrected chi connectivity index (χ1v) is 5.30. The smallest absolute Gasteiger partial charge is 0.0408 e. The molecule has 3 heteroatoms. The van der Waals surface area contributed by atoms with Gasteiger partial charge in [-0.2, -0.15) is 0 Å². The van der Waals surface area contributed by atoms with Gasteiger partial charge in [0.05, 0.1) is 0 Å². The normalized spacial score (nSPS) is 10.4. The zero-order valence-corrected chi connectivity index (χ0v) is 9.27. The Morgan fingerprint density at radius 1 is 1.21 bits per heavy atom. The highest BCUT2D eigenvalue weighted by Crippen LogP contribution is 2.10. The number of rotatable bonds is 6. The molecule has 0 radical (unpaired) electrons. The van der Waals surface area contributed by atoms with E-state index in [0.717, 1.165) is 31.1 Å². The molecule has 0 atom stereocenters. The zero-order chi connectivity index (χ0) is 10.2. The van der Waals surface area contributed by atoms with Crippen molar-refractivity contribution < 1.29 is 0 Å². The van der Waals surface area contributed by atoms with Crippen LogP contribution in [0, 0.1) is 0 Å². The van der Waals surface area contributed by atoms with E-state index in [1.165, 1.54) is 5.56 Å². The molecule has 78 valence electrons. The van der Waals surface area contributed by atoms with E-state index in [0.29, 0.717) is 0 Å². The first kappa shape index (κ1) is 11.5. The SMILES string of the molecule is CNCCNCCc1cccc(Cl)c1. The Balaban J connectivity index is 2.18. The van der Waals surface area contributed by atoms with E-state index in [-0.39, 0.29) is 0 Å². The predicted octanol–water partition coefficient (Wildman–Crippen LogP) is 1.69. The summed E-state index contributed by atoms with van der Waals surface area (Å²) in [7, 11) is 1.96. The summed E-state index contributed by atoms with van der Waals surface area (Å²) in [6.07, 6.45) is 1.03. The zero-order valence-electron chi connectivity index (χ0n) is 8.52. The lowest BCUT2D eigenvalue weighted by Gasteiger charge is -2.04. The third kappa shape index (κ3) is 4.61. The Kier molecular flexibility index (Phi) is 5.60. The fourth-order valence-electron chi connectivity index (χ4n) is 1.26. The number of hydrogen-bond donors (Lipinski definition) is 2. The molecule has 0 unspecified atom stereocenters. The molecule has 0 heterocycles. The number of likely N-dealkylation sites (N-methyl/N-ethyl adjacent to an activating group) is 1. The Morgan fingerprint density at radius 3 is 2.79 bits per heavy atom. The molecule has 2 N–H and O–H groups in total. The van der Waals surface area contributed by atoms with Gasteiger partial charge < -0.3 is 10.6 Å². The van der Waals surface area contributed by atoms with Crippen LogP contribution in [0.1, 0.15) is 5.56 Å². The minimum atomic E-state index is 0.817.